The molecule has 0 saturated heterocycles. The predicted molar refractivity (Wildman–Crippen MR) is 451 cm³/mol. The van der Waals surface area contributed by atoms with Crippen LogP contribution < -0.4 is 0 Å². The molecule has 0 spiro atoms. The Morgan fingerprint density at radius 1 is 0.266 bits per heavy atom. The zero-order chi connectivity index (χ0) is 80.0. The summed E-state index contributed by atoms with van der Waals surface area (Å²) in [6.07, 6.45) is 72.3. The number of ether oxygens (including phenoxy) is 4. The third-order valence-electron chi connectivity index (χ3n) is 21.5. The fraction of sp³-hybridized carbons (Fsp3) is 0.956. The van der Waals surface area contributed by atoms with E-state index in [0.29, 0.717) is 25.7 Å². The van der Waals surface area contributed by atoms with E-state index in [4.69, 9.17) is 37.0 Å². The Balaban J connectivity index is 5.23. The Labute approximate surface area is 670 Å². The standard InChI is InChI=1S/C90H176O17P2/c1-8-10-11-12-13-14-15-16-17-18-19-20-21-22-27-30-33-36-44-52-59-66-73-89(94)106-85(77-100-87(92)71-64-57-50-43-35-32-29-26-24-23-25-28-31-34-40-47-54-61-68-81(3)4)79-104-108(96,97)102-75-84(91)76-103-109(98,99)105-80-86(78-101-88(93)72-65-58-51-46-39-41-48-55-62-69-82(5)6)107-90(95)74-67-60-53-45-38-37-42-49-56-63-70-83(7)9-2/h81-86,91H,8-80H2,1-7H3,(H,96,97)(H,98,99)/t83?,84-,85-,86-/m1/s1. The van der Waals surface area contributed by atoms with Crippen molar-refractivity contribution in [3.8, 4) is 0 Å². The first-order chi connectivity index (χ1) is 52.8. The minimum absolute atomic E-state index is 0.106. The van der Waals surface area contributed by atoms with Crippen molar-refractivity contribution >= 4 is 39.5 Å². The van der Waals surface area contributed by atoms with Gasteiger partial charge in [-0.05, 0) is 43.4 Å². The van der Waals surface area contributed by atoms with Crippen LogP contribution in [0.15, 0.2) is 0 Å². The molecule has 3 N–H and O–H groups in total. The summed E-state index contributed by atoms with van der Waals surface area (Å²) in [4.78, 5) is 73.4. The van der Waals surface area contributed by atoms with Gasteiger partial charge in [-0.3, -0.25) is 37.3 Å². The van der Waals surface area contributed by atoms with E-state index in [2.05, 4.69) is 48.5 Å². The lowest BCUT2D eigenvalue weighted by Gasteiger charge is -2.21. The number of hydrogen-bond donors (Lipinski definition) is 3. The van der Waals surface area contributed by atoms with Crippen molar-refractivity contribution in [2.75, 3.05) is 39.6 Å². The van der Waals surface area contributed by atoms with E-state index in [-0.39, 0.29) is 25.7 Å². The molecule has 0 aliphatic rings. The molecule has 0 amide bonds. The van der Waals surface area contributed by atoms with Crippen LogP contribution in [0.25, 0.3) is 0 Å². The van der Waals surface area contributed by atoms with Crippen molar-refractivity contribution in [1.82, 2.24) is 0 Å². The molecule has 0 bridgehead atoms. The maximum atomic E-state index is 13.2. The van der Waals surface area contributed by atoms with Gasteiger partial charge in [0.15, 0.2) is 12.2 Å². The van der Waals surface area contributed by atoms with E-state index in [1.807, 2.05) is 0 Å². The predicted octanol–water partition coefficient (Wildman–Crippen LogP) is 27.6. The Morgan fingerprint density at radius 2 is 0.468 bits per heavy atom. The van der Waals surface area contributed by atoms with Gasteiger partial charge in [-0.15, -0.1) is 0 Å². The van der Waals surface area contributed by atoms with E-state index in [1.54, 1.807) is 0 Å². The second-order valence-corrected chi connectivity index (χ2v) is 36.4. The van der Waals surface area contributed by atoms with Gasteiger partial charge in [0, 0.05) is 25.7 Å². The minimum Gasteiger partial charge on any atom is -0.462 e. The van der Waals surface area contributed by atoms with Crippen molar-refractivity contribution in [2.24, 2.45) is 17.8 Å². The molecule has 0 fully saturated rings. The zero-order valence-corrected chi connectivity index (χ0v) is 73.8. The third-order valence-corrected chi connectivity index (χ3v) is 23.4. The van der Waals surface area contributed by atoms with Crippen molar-refractivity contribution in [3.05, 3.63) is 0 Å². The molecule has 6 atom stereocenters. The lowest BCUT2D eigenvalue weighted by atomic mass is 9.99. The van der Waals surface area contributed by atoms with Gasteiger partial charge >= 0.3 is 39.5 Å². The summed E-state index contributed by atoms with van der Waals surface area (Å²) >= 11 is 0. The Bertz CT molecular complexity index is 2100. The number of phosphoric ester groups is 2. The number of rotatable bonds is 88. The number of phosphoric acid groups is 2. The topological polar surface area (TPSA) is 237 Å². The average Bonchev–Trinajstić information content (AvgIpc) is 0.898. The van der Waals surface area contributed by atoms with Gasteiger partial charge in [0.25, 0.3) is 0 Å². The largest absolute Gasteiger partial charge is 0.472 e. The van der Waals surface area contributed by atoms with E-state index < -0.39 is 97.5 Å². The highest BCUT2D eigenvalue weighted by Gasteiger charge is 2.31. The third kappa shape index (κ3) is 82.4. The fourth-order valence-electron chi connectivity index (χ4n) is 14.0. The second-order valence-electron chi connectivity index (χ2n) is 33.5. The lowest BCUT2D eigenvalue weighted by Crippen LogP contribution is -2.30. The van der Waals surface area contributed by atoms with Crippen LogP contribution in [0, 0.1) is 17.8 Å². The van der Waals surface area contributed by atoms with Crippen LogP contribution in [0.4, 0.5) is 0 Å². The molecular weight excluding hydrogens is 1410 g/mol. The molecule has 3 unspecified atom stereocenters. The molecule has 17 nitrogen and oxygen atoms in total. The fourth-order valence-corrected chi connectivity index (χ4v) is 15.6. The second kappa shape index (κ2) is 79.9. The van der Waals surface area contributed by atoms with Crippen LogP contribution in [0.1, 0.15) is 479 Å². The van der Waals surface area contributed by atoms with Gasteiger partial charge in [-0.2, -0.15) is 0 Å². The smallest absolute Gasteiger partial charge is 0.462 e. The van der Waals surface area contributed by atoms with Crippen LogP contribution in [-0.2, 0) is 65.4 Å². The summed E-state index contributed by atoms with van der Waals surface area (Å²) in [5.41, 5.74) is 0. The van der Waals surface area contributed by atoms with Gasteiger partial charge in [0.1, 0.15) is 19.3 Å². The Kier molecular flexibility index (Phi) is 78.5. The van der Waals surface area contributed by atoms with Crippen LogP contribution in [0.2, 0.25) is 0 Å². The maximum absolute atomic E-state index is 13.2. The minimum atomic E-state index is -4.97. The average molecular weight is 1590 g/mol. The van der Waals surface area contributed by atoms with Crippen LogP contribution in [0.5, 0.6) is 0 Å². The van der Waals surface area contributed by atoms with E-state index in [0.717, 1.165) is 108 Å². The quantitative estimate of drug-likeness (QED) is 0.0222. The van der Waals surface area contributed by atoms with Gasteiger partial charge in [-0.1, -0.05) is 427 Å². The van der Waals surface area contributed by atoms with Crippen molar-refractivity contribution < 1.29 is 80.2 Å². The molecule has 648 valence electrons. The van der Waals surface area contributed by atoms with Gasteiger partial charge < -0.3 is 33.8 Å². The lowest BCUT2D eigenvalue weighted by molar-refractivity contribution is -0.161. The summed E-state index contributed by atoms with van der Waals surface area (Å²) in [6, 6.07) is 0. The van der Waals surface area contributed by atoms with Gasteiger partial charge in [-0.25, -0.2) is 9.13 Å². The molecular formula is C90H176O17P2. The molecule has 0 aromatic rings. The molecule has 0 aliphatic heterocycles. The van der Waals surface area contributed by atoms with Crippen molar-refractivity contribution in [1.29, 1.82) is 0 Å². The normalized spacial score (nSPS) is 14.1. The molecule has 0 heterocycles. The number of hydrogen-bond acceptors (Lipinski definition) is 15. The number of aliphatic hydroxyl groups is 1. The van der Waals surface area contributed by atoms with Crippen LogP contribution >= 0.6 is 15.6 Å². The number of unbranched alkanes of at least 4 members (excludes halogenated alkanes) is 55. The van der Waals surface area contributed by atoms with Crippen molar-refractivity contribution in [2.45, 2.75) is 497 Å². The first-order valence-corrected chi connectivity index (χ1v) is 49.4. The Hall–Kier alpha value is -1.94. The van der Waals surface area contributed by atoms with E-state index in [1.165, 1.54) is 289 Å². The summed E-state index contributed by atoms with van der Waals surface area (Å²) < 4.78 is 69.0. The summed E-state index contributed by atoms with van der Waals surface area (Å²) in [5, 5.41) is 10.7. The number of carbonyl (C=O) groups is 4. The zero-order valence-electron chi connectivity index (χ0n) is 72.0. The molecule has 109 heavy (non-hydrogen) atoms. The van der Waals surface area contributed by atoms with E-state index >= 15 is 0 Å². The SMILES string of the molecule is CCCCCCCCCCCCCCCCCCCCCCCCC(=O)O[C@H](COC(=O)CCCCCCCCCCCCCCCCCCCCC(C)C)COP(=O)(O)OC[C@@H](O)COP(=O)(O)OC[C@@H](COC(=O)CCCCCCCCCCCC(C)C)OC(=O)CCCCCCCCCCCCC(C)CC. The Morgan fingerprint density at radius 3 is 0.697 bits per heavy atom. The first kappa shape index (κ1) is 107. The highest BCUT2D eigenvalue weighted by Crippen LogP contribution is 2.45. The van der Waals surface area contributed by atoms with Crippen LogP contribution in [-0.4, -0.2) is 96.7 Å². The molecule has 19 heteroatoms. The van der Waals surface area contributed by atoms with Gasteiger partial charge in [0.05, 0.1) is 26.4 Å². The highest BCUT2D eigenvalue weighted by molar-refractivity contribution is 7.47. The highest BCUT2D eigenvalue weighted by atomic mass is 31.2. The summed E-state index contributed by atoms with van der Waals surface area (Å²) in [6.45, 7) is 12.0. The molecule has 0 aromatic carbocycles. The number of carbonyl (C=O) groups excluding carboxylic acids is 4. The first-order valence-electron chi connectivity index (χ1n) is 46.4. The number of esters is 4. The van der Waals surface area contributed by atoms with Gasteiger partial charge in [0.2, 0.25) is 0 Å². The molecule has 0 radical (unpaired) electrons. The molecule has 0 aliphatic carbocycles. The monoisotopic (exact) mass is 1590 g/mol. The summed E-state index contributed by atoms with van der Waals surface area (Å²) in [7, 11) is -9.93. The van der Waals surface area contributed by atoms with E-state index in [9.17, 15) is 43.2 Å². The molecule has 0 saturated carbocycles. The van der Waals surface area contributed by atoms with Crippen LogP contribution in [0.3, 0.4) is 0 Å². The molecule has 0 rings (SSSR count). The number of aliphatic hydroxyl groups excluding tert-OH is 1. The summed E-state index contributed by atoms with van der Waals surface area (Å²) in [5.74, 6) is 0.268. The molecule has 0 aromatic heterocycles. The van der Waals surface area contributed by atoms with Crippen molar-refractivity contribution in [3.63, 3.8) is 0 Å². The maximum Gasteiger partial charge on any atom is 0.472 e.